The third-order valence-electron chi connectivity index (χ3n) is 3.37. The molecule has 0 atom stereocenters. The highest BCUT2D eigenvalue weighted by Crippen LogP contribution is 2.29. The molecule has 0 bridgehead atoms. The Labute approximate surface area is 116 Å². The Morgan fingerprint density at radius 3 is 2.84 bits per heavy atom. The highest BCUT2D eigenvalue weighted by atomic mass is 32.1. The Morgan fingerprint density at radius 1 is 1.53 bits per heavy atom. The van der Waals surface area contributed by atoms with Gasteiger partial charge in [-0.1, -0.05) is 12.2 Å². The minimum Gasteiger partial charge on any atom is -0.389 e. The van der Waals surface area contributed by atoms with Gasteiger partial charge in [0.15, 0.2) is 0 Å². The molecule has 0 radical (unpaired) electrons. The summed E-state index contributed by atoms with van der Waals surface area (Å²) in [5.41, 5.74) is 6.07. The number of thiocarbonyl (C=S) groups is 1. The Hall–Kier alpha value is -1.69. The van der Waals surface area contributed by atoms with Crippen molar-refractivity contribution >= 4 is 28.8 Å². The van der Waals surface area contributed by atoms with E-state index in [4.69, 9.17) is 18.0 Å². The van der Waals surface area contributed by atoms with Crippen LogP contribution in [0.2, 0.25) is 0 Å². The van der Waals surface area contributed by atoms with Crippen LogP contribution in [0.3, 0.4) is 0 Å². The van der Waals surface area contributed by atoms with Crippen molar-refractivity contribution in [3.8, 4) is 0 Å². The van der Waals surface area contributed by atoms with Gasteiger partial charge in [-0.05, 0) is 32.0 Å². The summed E-state index contributed by atoms with van der Waals surface area (Å²) in [6, 6.07) is 4.27. The molecule has 1 aliphatic rings. The van der Waals surface area contributed by atoms with E-state index < -0.39 is 11.4 Å². The average molecular weight is 281 g/mol. The average Bonchev–Trinajstić information content (AvgIpc) is 2.33. The van der Waals surface area contributed by atoms with E-state index in [9.17, 15) is 9.18 Å². The van der Waals surface area contributed by atoms with Gasteiger partial charge in [0.05, 0.1) is 0 Å². The number of carbonyl (C=O) groups excluding carboxylic acids is 1. The molecule has 1 heterocycles. The van der Waals surface area contributed by atoms with Crippen LogP contribution < -0.4 is 16.0 Å². The van der Waals surface area contributed by atoms with Gasteiger partial charge in [-0.2, -0.15) is 0 Å². The van der Waals surface area contributed by atoms with Crippen LogP contribution in [0.15, 0.2) is 18.2 Å². The Bertz CT molecular complexity index is 545. The first kappa shape index (κ1) is 13.7. The maximum absolute atomic E-state index is 13.3. The number of hydrogen-bond donors (Lipinski definition) is 2. The monoisotopic (exact) mass is 281 g/mol. The van der Waals surface area contributed by atoms with Gasteiger partial charge in [0.25, 0.3) is 0 Å². The molecule has 1 amide bonds. The van der Waals surface area contributed by atoms with Crippen LogP contribution >= 0.6 is 12.2 Å². The fourth-order valence-corrected chi connectivity index (χ4v) is 2.43. The summed E-state index contributed by atoms with van der Waals surface area (Å²) in [5, 5.41) is 2.81. The largest absolute Gasteiger partial charge is 0.389 e. The topological polar surface area (TPSA) is 58.4 Å². The Kier molecular flexibility index (Phi) is 3.45. The Balaban J connectivity index is 2.52. The van der Waals surface area contributed by atoms with Gasteiger partial charge >= 0.3 is 0 Å². The van der Waals surface area contributed by atoms with Crippen LogP contribution in [0.5, 0.6) is 0 Å². The Morgan fingerprint density at radius 2 is 2.21 bits per heavy atom. The summed E-state index contributed by atoms with van der Waals surface area (Å²) >= 11 is 4.97. The number of anilines is 1. The summed E-state index contributed by atoms with van der Waals surface area (Å²) in [7, 11) is 0. The fourth-order valence-electron chi connectivity index (χ4n) is 2.26. The SMILES string of the molecule is CC1(C)C(=O)NCCN1c1ccc(F)cc1C(N)=S. The number of amides is 1. The molecule has 4 nitrogen and oxygen atoms in total. The minimum absolute atomic E-state index is 0.0723. The predicted octanol–water partition coefficient (Wildman–Crippen LogP) is 1.17. The lowest BCUT2D eigenvalue weighted by Gasteiger charge is -2.43. The van der Waals surface area contributed by atoms with E-state index in [1.165, 1.54) is 12.1 Å². The van der Waals surface area contributed by atoms with E-state index in [-0.39, 0.29) is 10.9 Å². The summed E-state index contributed by atoms with van der Waals surface area (Å²) in [4.78, 5) is 14.0. The van der Waals surface area contributed by atoms with E-state index in [1.54, 1.807) is 6.07 Å². The van der Waals surface area contributed by atoms with Crippen molar-refractivity contribution < 1.29 is 9.18 Å². The second kappa shape index (κ2) is 4.77. The number of benzene rings is 1. The molecule has 0 aliphatic carbocycles. The van der Waals surface area contributed by atoms with Crippen molar-refractivity contribution in [3.05, 3.63) is 29.6 Å². The normalized spacial score (nSPS) is 18.1. The number of rotatable bonds is 2. The van der Waals surface area contributed by atoms with E-state index in [0.717, 1.165) is 0 Å². The molecule has 0 unspecified atom stereocenters. The molecule has 1 fully saturated rings. The number of nitrogens with one attached hydrogen (secondary N) is 1. The number of nitrogens with two attached hydrogens (primary N) is 1. The molecule has 1 aliphatic heterocycles. The molecular weight excluding hydrogens is 265 g/mol. The highest BCUT2D eigenvalue weighted by Gasteiger charge is 2.38. The number of carbonyl (C=O) groups is 1. The van der Waals surface area contributed by atoms with E-state index in [0.29, 0.717) is 24.3 Å². The number of halogens is 1. The van der Waals surface area contributed by atoms with Crippen molar-refractivity contribution in [2.45, 2.75) is 19.4 Å². The van der Waals surface area contributed by atoms with Crippen LogP contribution in [0.4, 0.5) is 10.1 Å². The molecule has 0 saturated carbocycles. The van der Waals surface area contributed by atoms with Gasteiger partial charge < -0.3 is 16.0 Å². The van der Waals surface area contributed by atoms with Crippen LogP contribution in [0.25, 0.3) is 0 Å². The second-order valence-corrected chi connectivity index (χ2v) is 5.43. The number of piperazine rings is 1. The molecule has 1 aromatic carbocycles. The second-order valence-electron chi connectivity index (χ2n) is 4.99. The number of nitrogens with zero attached hydrogens (tertiary/aromatic N) is 1. The van der Waals surface area contributed by atoms with Crippen LogP contribution in [0.1, 0.15) is 19.4 Å². The smallest absolute Gasteiger partial charge is 0.245 e. The third-order valence-corrected chi connectivity index (χ3v) is 3.59. The quantitative estimate of drug-likeness (QED) is 0.799. The van der Waals surface area contributed by atoms with Gasteiger partial charge in [0, 0.05) is 24.3 Å². The lowest BCUT2D eigenvalue weighted by molar-refractivity contribution is -0.126. The first-order valence-corrected chi connectivity index (χ1v) is 6.40. The van der Waals surface area contributed by atoms with E-state index >= 15 is 0 Å². The maximum atomic E-state index is 13.3. The molecule has 6 heteroatoms. The molecular formula is C13H16FN3OS. The maximum Gasteiger partial charge on any atom is 0.245 e. The molecule has 2 rings (SSSR count). The van der Waals surface area contributed by atoms with Crippen molar-refractivity contribution in [2.24, 2.45) is 5.73 Å². The molecule has 1 aromatic rings. The summed E-state index contributed by atoms with van der Waals surface area (Å²) in [6.45, 7) is 4.79. The van der Waals surface area contributed by atoms with Crippen molar-refractivity contribution in [3.63, 3.8) is 0 Å². The fraction of sp³-hybridized carbons (Fsp3) is 0.385. The van der Waals surface area contributed by atoms with Crippen molar-refractivity contribution in [1.82, 2.24) is 5.32 Å². The summed E-state index contributed by atoms with van der Waals surface area (Å²) < 4.78 is 13.3. The third kappa shape index (κ3) is 2.40. The summed E-state index contributed by atoms with van der Waals surface area (Å²) in [6.07, 6.45) is 0. The lowest BCUT2D eigenvalue weighted by atomic mass is 9.96. The van der Waals surface area contributed by atoms with Gasteiger partial charge in [0.2, 0.25) is 5.91 Å². The van der Waals surface area contributed by atoms with Crippen molar-refractivity contribution in [2.75, 3.05) is 18.0 Å². The van der Waals surface area contributed by atoms with Gasteiger partial charge in [-0.25, -0.2) is 4.39 Å². The van der Waals surface area contributed by atoms with Gasteiger partial charge in [-0.3, -0.25) is 4.79 Å². The molecule has 0 spiro atoms. The zero-order valence-electron chi connectivity index (χ0n) is 10.9. The van der Waals surface area contributed by atoms with E-state index in [1.807, 2.05) is 18.7 Å². The lowest BCUT2D eigenvalue weighted by Crippen LogP contribution is -2.62. The zero-order valence-corrected chi connectivity index (χ0v) is 11.7. The number of hydrogen-bond acceptors (Lipinski definition) is 3. The predicted molar refractivity (Wildman–Crippen MR) is 76.7 cm³/mol. The standard InChI is InChI=1S/C13H16FN3OS/c1-13(2)12(18)16-5-6-17(13)10-4-3-8(14)7-9(10)11(15)19/h3-4,7H,5-6H2,1-2H3,(H2,15,19)(H,16,18). The minimum atomic E-state index is -0.727. The summed E-state index contributed by atoms with van der Waals surface area (Å²) in [5.74, 6) is -0.470. The van der Waals surface area contributed by atoms with Gasteiger partial charge in [0.1, 0.15) is 16.3 Å². The van der Waals surface area contributed by atoms with Crippen LogP contribution in [-0.4, -0.2) is 29.5 Å². The van der Waals surface area contributed by atoms with Crippen molar-refractivity contribution in [1.29, 1.82) is 0 Å². The molecule has 0 aromatic heterocycles. The van der Waals surface area contributed by atoms with Crippen LogP contribution in [-0.2, 0) is 4.79 Å². The highest BCUT2D eigenvalue weighted by molar-refractivity contribution is 7.80. The molecule has 3 N–H and O–H groups in total. The zero-order chi connectivity index (χ0) is 14.2. The molecule has 1 saturated heterocycles. The van der Waals surface area contributed by atoms with Crippen LogP contribution in [0, 0.1) is 5.82 Å². The molecule has 102 valence electrons. The van der Waals surface area contributed by atoms with Gasteiger partial charge in [-0.15, -0.1) is 0 Å². The van der Waals surface area contributed by atoms with E-state index in [2.05, 4.69) is 5.32 Å². The first-order chi connectivity index (χ1) is 8.84. The molecule has 19 heavy (non-hydrogen) atoms. The first-order valence-electron chi connectivity index (χ1n) is 5.99.